The minimum absolute atomic E-state index is 0.0134. The van der Waals surface area contributed by atoms with Gasteiger partial charge in [0.1, 0.15) is 5.69 Å². The maximum Gasteiger partial charge on any atom is 0.416 e. The van der Waals surface area contributed by atoms with Crippen LogP contribution < -0.4 is 5.32 Å². The molecule has 8 nitrogen and oxygen atoms in total. The van der Waals surface area contributed by atoms with Gasteiger partial charge in [-0.05, 0) is 43.4 Å². The largest absolute Gasteiger partial charge is 0.475 e. The van der Waals surface area contributed by atoms with Gasteiger partial charge >= 0.3 is 12.1 Å². The molecule has 176 valence electrons. The minimum Gasteiger partial charge on any atom is -0.475 e. The fourth-order valence-electron chi connectivity index (χ4n) is 3.49. The Bertz CT molecular complexity index is 1070. The summed E-state index contributed by atoms with van der Waals surface area (Å²) in [4.78, 5) is 35.5. The van der Waals surface area contributed by atoms with E-state index in [1.807, 2.05) is 6.92 Å². The van der Waals surface area contributed by atoms with E-state index in [1.54, 1.807) is 0 Å². The highest BCUT2D eigenvalue weighted by Gasteiger charge is 2.30. The number of alkyl halides is 3. The van der Waals surface area contributed by atoms with Crippen molar-refractivity contribution in [3.8, 4) is 0 Å². The molecule has 1 aromatic carbocycles. The van der Waals surface area contributed by atoms with Gasteiger partial charge in [0.05, 0.1) is 11.6 Å². The van der Waals surface area contributed by atoms with Crippen molar-refractivity contribution in [1.29, 1.82) is 0 Å². The number of aliphatic imine (C=N–C) groups is 2. The van der Waals surface area contributed by atoms with E-state index in [0.29, 0.717) is 23.5 Å². The number of halogens is 3. The van der Waals surface area contributed by atoms with Crippen LogP contribution in [0.4, 0.5) is 19.0 Å². The molecule has 2 aromatic rings. The first-order chi connectivity index (χ1) is 15.6. The van der Waals surface area contributed by atoms with Crippen molar-refractivity contribution >= 4 is 30.1 Å². The van der Waals surface area contributed by atoms with Crippen LogP contribution in [0, 0.1) is 5.92 Å². The predicted molar refractivity (Wildman–Crippen MR) is 117 cm³/mol. The molecule has 3 rings (SSSR count). The van der Waals surface area contributed by atoms with Crippen LogP contribution in [0.5, 0.6) is 0 Å². The third-order valence-electron chi connectivity index (χ3n) is 5.69. The summed E-state index contributed by atoms with van der Waals surface area (Å²) in [5.41, 5.74) is 0.0427. The lowest BCUT2D eigenvalue weighted by molar-refractivity contribution is -0.137. The zero-order valence-electron chi connectivity index (χ0n) is 18.1. The van der Waals surface area contributed by atoms with Crippen molar-refractivity contribution in [1.82, 2.24) is 9.55 Å². The van der Waals surface area contributed by atoms with Crippen LogP contribution in [0.15, 0.2) is 34.3 Å². The minimum atomic E-state index is -4.46. The van der Waals surface area contributed by atoms with Crippen molar-refractivity contribution < 1.29 is 27.9 Å². The van der Waals surface area contributed by atoms with Crippen molar-refractivity contribution in [3.63, 3.8) is 0 Å². The van der Waals surface area contributed by atoms with E-state index in [4.69, 9.17) is 0 Å². The third-order valence-corrected chi connectivity index (χ3v) is 5.69. The molecular formula is C22H24F3N5O3. The van der Waals surface area contributed by atoms with E-state index in [9.17, 15) is 27.9 Å². The fourth-order valence-corrected chi connectivity index (χ4v) is 3.49. The smallest absolute Gasteiger partial charge is 0.416 e. The highest BCUT2D eigenvalue weighted by molar-refractivity contribution is 6.39. The Morgan fingerprint density at radius 2 is 2.00 bits per heavy atom. The van der Waals surface area contributed by atoms with Crippen molar-refractivity contribution in [3.05, 3.63) is 46.9 Å². The molecule has 0 radical (unpaired) electrons. The van der Waals surface area contributed by atoms with Gasteiger partial charge in [-0.3, -0.25) is 14.8 Å². The number of imidazole rings is 1. The molecule has 0 amide bonds. The van der Waals surface area contributed by atoms with Crippen molar-refractivity contribution in [2.75, 3.05) is 12.4 Å². The van der Waals surface area contributed by atoms with Gasteiger partial charge in [-0.25, -0.2) is 9.78 Å². The van der Waals surface area contributed by atoms with Gasteiger partial charge in [-0.1, -0.05) is 18.6 Å². The lowest BCUT2D eigenvalue weighted by atomic mass is 9.81. The Hall–Kier alpha value is -3.50. The number of hydrogen-bond acceptors (Lipinski definition) is 5. The normalized spacial score (nSPS) is 16.0. The van der Waals surface area contributed by atoms with Crippen molar-refractivity contribution in [2.45, 2.75) is 44.9 Å². The zero-order chi connectivity index (χ0) is 24.2. The maximum atomic E-state index is 12.9. The number of nitrogens with one attached hydrogen (secondary N) is 1. The van der Waals surface area contributed by atoms with Crippen LogP contribution in [0.1, 0.15) is 53.6 Å². The van der Waals surface area contributed by atoms with Gasteiger partial charge in [0.2, 0.25) is 5.84 Å². The van der Waals surface area contributed by atoms with Crippen LogP contribution in [-0.4, -0.2) is 52.1 Å². The number of amidine groups is 1. The summed E-state index contributed by atoms with van der Waals surface area (Å²) in [5, 5.41) is 11.9. The Morgan fingerprint density at radius 3 is 2.48 bits per heavy atom. The van der Waals surface area contributed by atoms with Gasteiger partial charge in [0.15, 0.2) is 17.9 Å². The quantitative estimate of drug-likeness (QED) is 0.368. The number of nitrogens with zero attached hydrogens (tertiary/aromatic N) is 4. The summed E-state index contributed by atoms with van der Waals surface area (Å²) in [6, 6.07) is 4.58. The van der Waals surface area contributed by atoms with Gasteiger partial charge in [-0.15, -0.1) is 0 Å². The molecule has 1 atom stereocenters. The molecule has 0 aliphatic heterocycles. The number of carbonyl (C=O) groups is 2. The average Bonchev–Trinajstić information content (AvgIpc) is 3.04. The number of benzene rings is 1. The van der Waals surface area contributed by atoms with Crippen LogP contribution in [0.3, 0.4) is 0 Å². The number of carboxylic acids is 1. The van der Waals surface area contributed by atoms with Gasteiger partial charge in [-0.2, -0.15) is 13.2 Å². The molecular weight excluding hydrogens is 439 g/mol. The Morgan fingerprint density at radius 1 is 1.33 bits per heavy atom. The molecule has 0 saturated heterocycles. The molecule has 1 heterocycles. The Labute approximate surface area is 188 Å². The van der Waals surface area contributed by atoms with Gasteiger partial charge in [0, 0.05) is 19.8 Å². The summed E-state index contributed by atoms with van der Waals surface area (Å²) >= 11 is 0. The van der Waals surface area contributed by atoms with Gasteiger partial charge in [0.25, 0.3) is 0 Å². The SMILES string of the molecule is CN=C(Nc1nc(C=O)n(Cc2ccc(C(F)(F)F)cc2)c1C=N[C@H](C)C1CCC1)C(=O)O. The number of aliphatic carboxylic acids is 1. The topological polar surface area (TPSA) is 109 Å². The first-order valence-electron chi connectivity index (χ1n) is 10.4. The molecule has 1 fully saturated rings. The molecule has 0 spiro atoms. The number of anilines is 1. The average molecular weight is 463 g/mol. The predicted octanol–water partition coefficient (Wildman–Crippen LogP) is 3.90. The molecule has 1 aliphatic rings. The summed E-state index contributed by atoms with van der Waals surface area (Å²) in [6.45, 7) is 2.01. The first kappa shape index (κ1) is 24.1. The van der Waals surface area contributed by atoms with E-state index in [-0.39, 0.29) is 30.1 Å². The second kappa shape index (κ2) is 9.97. The van der Waals surface area contributed by atoms with E-state index >= 15 is 0 Å². The molecule has 0 bridgehead atoms. The lowest BCUT2D eigenvalue weighted by Crippen LogP contribution is -2.24. The van der Waals surface area contributed by atoms with Crippen LogP contribution >= 0.6 is 0 Å². The number of rotatable bonds is 7. The van der Waals surface area contributed by atoms with E-state index in [0.717, 1.165) is 31.4 Å². The Kier molecular flexibility index (Phi) is 7.29. The van der Waals surface area contributed by atoms with Gasteiger partial charge < -0.3 is 15.0 Å². The first-order valence-corrected chi connectivity index (χ1v) is 10.4. The molecule has 11 heteroatoms. The number of carboxylic acid groups (broad SMARTS) is 1. The van der Waals surface area contributed by atoms with Crippen LogP contribution in [0.2, 0.25) is 0 Å². The molecule has 1 saturated carbocycles. The van der Waals surface area contributed by atoms with Crippen LogP contribution in [-0.2, 0) is 17.5 Å². The summed E-state index contributed by atoms with van der Waals surface area (Å²) in [6.07, 6.45) is 0.837. The van der Waals surface area contributed by atoms with E-state index < -0.39 is 17.7 Å². The fraction of sp³-hybridized carbons (Fsp3) is 0.409. The van der Waals surface area contributed by atoms with Crippen molar-refractivity contribution in [2.24, 2.45) is 15.9 Å². The lowest BCUT2D eigenvalue weighted by Gasteiger charge is -2.28. The number of carbonyl (C=O) groups excluding carboxylic acids is 1. The Balaban J connectivity index is 2.00. The van der Waals surface area contributed by atoms with E-state index in [1.165, 1.54) is 30.0 Å². The second-order valence-electron chi connectivity index (χ2n) is 7.81. The number of aromatic nitrogens is 2. The molecule has 0 unspecified atom stereocenters. The third kappa shape index (κ3) is 5.65. The molecule has 33 heavy (non-hydrogen) atoms. The highest BCUT2D eigenvalue weighted by atomic mass is 19.4. The molecule has 1 aliphatic carbocycles. The second-order valence-corrected chi connectivity index (χ2v) is 7.81. The molecule has 1 aromatic heterocycles. The summed E-state index contributed by atoms with van der Waals surface area (Å²) < 4.78 is 40.1. The van der Waals surface area contributed by atoms with Crippen LogP contribution in [0.25, 0.3) is 0 Å². The zero-order valence-corrected chi connectivity index (χ0v) is 18.1. The highest BCUT2D eigenvalue weighted by Crippen LogP contribution is 2.31. The number of hydrogen-bond donors (Lipinski definition) is 2. The van der Waals surface area contributed by atoms with E-state index in [2.05, 4.69) is 20.3 Å². The summed E-state index contributed by atoms with van der Waals surface area (Å²) in [7, 11) is 1.29. The summed E-state index contributed by atoms with van der Waals surface area (Å²) in [5.74, 6) is -1.21. The maximum absolute atomic E-state index is 12.9. The monoisotopic (exact) mass is 463 g/mol. The standard InChI is InChI=1S/C22H24F3N5O3/c1-13(15-4-3-5-15)27-10-17-19(29-20(26-2)21(32)33)28-18(12-31)30(17)11-14-6-8-16(9-7-14)22(23,24)25/h6-10,12-13,15H,3-5,11H2,1-2H3,(H,26,29)(H,32,33)/t13-/m1/s1. The number of aldehydes is 1. The molecule has 2 N–H and O–H groups in total.